The van der Waals surface area contributed by atoms with Crippen LogP contribution in [0.1, 0.15) is 16.8 Å². The van der Waals surface area contributed by atoms with Gasteiger partial charge in [-0.1, -0.05) is 41.9 Å². The predicted octanol–water partition coefficient (Wildman–Crippen LogP) is 4.02. The van der Waals surface area contributed by atoms with Crippen molar-refractivity contribution in [2.24, 2.45) is 0 Å². The Morgan fingerprint density at radius 3 is 2.55 bits per heavy atom. The fraction of sp³-hybridized carbons (Fsp3) is 0.190. The van der Waals surface area contributed by atoms with Crippen LogP contribution in [0.2, 0.25) is 5.02 Å². The van der Waals surface area contributed by atoms with E-state index in [0.717, 1.165) is 11.4 Å². The fourth-order valence-electron chi connectivity index (χ4n) is 2.71. The summed E-state index contributed by atoms with van der Waals surface area (Å²) in [6.45, 7) is 0. The monoisotopic (exact) mass is 428 g/mol. The lowest BCUT2D eigenvalue weighted by Gasteiger charge is -2.18. The summed E-state index contributed by atoms with van der Waals surface area (Å²) in [5.41, 5.74) is 1.23. The van der Waals surface area contributed by atoms with Gasteiger partial charge in [-0.15, -0.1) is 0 Å². The molecule has 1 heterocycles. The molecule has 3 aromatic rings. The van der Waals surface area contributed by atoms with Gasteiger partial charge in [0.2, 0.25) is 5.91 Å². The number of halogens is 1. The van der Waals surface area contributed by atoms with Crippen LogP contribution in [0.15, 0.2) is 66.9 Å². The summed E-state index contributed by atoms with van der Waals surface area (Å²) in [4.78, 5) is 25.4. The molecule has 0 spiro atoms. The molecule has 6 nitrogen and oxygen atoms in total. The zero-order chi connectivity index (χ0) is 20.6. The highest BCUT2D eigenvalue weighted by Gasteiger charge is 2.23. The predicted molar refractivity (Wildman–Crippen MR) is 118 cm³/mol. The van der Waals surface area contributed by atoms with Gasteiger partial charge in [0.1, 0.15) is 6.04 Å². The Morgan fingerprint density at radius 1 is 1.10 bits per heavy atom. The summed E-state index contributed by atoms with van der Waals surface area (Å²) in [5.74, 6) is 0.434. The minimum Gasteiger partial charge on any atom is -0.340 e. The van der Waals surface area contributed by atoms with E-state index in [9.17, 15) is 9.59 Å². The van der Waals surface area contributed by atoms with Gasteiger partial charge in [-0.2, -0.15) is 16.9 Å². The molecule has 3 rings (SSSR count). The topological polar surface area (TPSA) is 76.0 Å². The quantitative estimate of drug-likeness (QED) is 0.568. The van der Waals surface area contributed by atoms with Crippen LogP contribution in [0.5, 0.6) is 0 Å². The number of benzene rings is 2. The van der Waals surface area contributed by atoms with Crippen molar-refractivity contribution in [3.8, 4) is 5.69 Å². The molecule has 0 saturated heterocycles. The molecule has 0 saturated carbocycles. The largest absolute Gasteiger partial charge is 0.340 e. The fourth-order valence-corrected chi connectivity index (χ4v) is 3.41. The molecule has 0 aliphatic heterocycles. The van der Waals surface area contributed by atoms with Crippen LogP contribution in [0.25, 0.3) is 5.69 Å². The smallest absolute Gasteiger partial charge is 0.253 e. The minimum absolute atomic E-state index is 0.322. The zero-order valence-electron chi connectivity index (χ0n) is 15.8. The minimum atomic E-state index is -0.701. The number of nitrogens with one attached hydrogen (secondary N) is 2. The van der Waals surface area contributed by atoms with Crippen molar-refractivity contribution in [2.45, 2.75) is 12.5 Å². The number of anilines is 1. The van der Waals surface area contributed by atoms with Gasteiger partial charge in [0.25, 0.3) is 5.91 Å². The van der Waals surface area contributed by atoms with Crippen LogP contribution >= 0.6 is 23.4 Å². The maximum atomic E-state index is 12.8. The average molecular weight is 429 g/mol. The second kappa shape index (κ2) is 10.1. The Balaban J connectivity index is 1.70. The van der Waals surface area contributed by atoms with Crippen LogP contribution in [0.4, 0.5) is 5.82 Å². The van der Waals surface area contributed by atoms with Crippen molar-refractivity contribution >= 4 is 41.0 Å². The number of hydrogen-bond donors (Lipinski definition) is 2. The Kier molecular flexibility index (Phi) is 7.32. The standard InChI is InChI=1S/C21H21ClN4O2S/c1-29-14-12-18(23-20(27)16-9-5-6-10-17(16)22)21(28)24-19-11-13-26(25-19)15-7-3-2-4-8-15/h2-11,13,18H,12,14H2,1H3,(H,23,27)(H,24,25,28). The first kappa shape index (κ1) is 21.0. The Labute approximate surface area is 178 Å². The number of thioether (sulfide) groups is 1. The molecule has 0 aliphatic rings. The summed E-state index contributed by atoms with van der Waals surface area (Å²) in [6.07, 6.45) is 4.21. The third-order valence-corrected chi connectivity index (χ3v) is 5.19. The highest BCUT2D eigenvalue weighted by atomic mass is 35.5. The molecule has 150 valence electrons. The molecule has 1 atom stereocenters. The molecule has 8 heteroatoms. The van der Waals surface area contributed by atoms with Gasteiger partial charge < -0.3 is 10.6 Å². The van der Waals surface area contributed by atoms with Crippen molar-refractivity contribution in [3.05, 3.63) is 77.4 Å². The van der Waals surface area contributed by atoms with E-state index < -0.39 is 6.04 Å². The van der Waals surface area contributed by atoms with E-state index in [0.29, 0.717) is 22.8 Å². The van der Waals surface area contributed by atoms with Crippen LogP contribution in [0.3, 0.4) is 0 Å². The molecule has 0 bridgehead atoms. The van der Waals surface area contributed by atoms with E-state index in [1.807, 2.05) is 36.6 Å². The van der Waals surface area contributed by atoms with Crippen LogP contribution in [-0.4, -0.2) is 39.6 Å². The summed E-state index contributed by atoms with van der Waals surface area (Å²) in [5, 5.41) is 10.3. The number of hydrogen-bond acceptors (Lipinski definition) is 4. The maximum Gasteiger partial charge on any atom is 0.253 e. The second-order valence-electron chi connectivity index (χ2n) is 6.26. The molecule has 2 amide bonds. The van der Waals surface area contributed by atoms with E-state index in [2.05, 4.69) is 15.7 Å². The van der Waals surface area contributed by atoms with Crippen LogP contribution in [-0.2, 0) is 4.79 Å². The number of aromatic nitrogens is 2. The summed E-state index contributed by atoms with van der Waals surface area (Å²) < 4.78 is 1.68. The van der Waals surface area contributed by atoms with Gasteiger partial charge in [0.05, 0.1) is 16.3 Å². The van der Waals surface area contributed by atoms with Crippen molar-refractivity contribution in [1.29, 1.82) is 0 Å². The molecular weight excluding hydrogens is 408 g/mol. The first-order valence-electron chi connectivity index (χ1n) is 9.05. The van der Waals surface area contributed by atoms with E-state index >= 15 is 0 Å². The lowest BCUT2D eigenvalue weighted by molar-refractivity contribution is -0.118. The molecule has 0 aliphatic carbocycles. The number of carbonyl (C=O) groups excluding carboxylic acids is 2. The van der Waals surface area contributed by atoms with Gasteiger partial charge in [0, 0.05) is 12.3 Å². The van der Waals surface area contributed by atoms with E-state index in [4.69, 9.17) is 11.6 Å². The summed E-state index contributed by atoms with van der Waals surface area (Å²) in [7, 11) is 0. The Morgan fingerprint density at radius 2 is 1.83 bits per heavy atom. The molecule has 29 heavy (non-hydrogen) atoms. The van der Waals surface area contributed by atoms with Crippen molar-refractivity contribution in [2.75, 3.05) is 17.3 Å². The van der Waals surface area contributed by atoms with Gasteiger partial charge >= 0.3 is 0 Å². The molecule has 0 fully saturated rings. The SMILES string of the molecule is CSCCC(NC(=O)c1ccccc1Cl)C(=O)Nc1ccn(-c2ccccc2)n1. The van der Waals surface area contributed by atoms with Gasteiger partial charge in [-0.3, -0.25) is 9.59 Å². The van der Waals surface area contributed by atoms with E-state index in [1.165, 1.54) is 0 Å². The number of nitrogens with zero attached hydrogens (tertiary/aromatic N) is 2. The number of rotatable bonds is 8. The molecule has 2 aromatic carbocycles. The zero-order valence-corrected chi connectivity index (χ0v) is 17.4. The molecule has 0 radical (unpaired) electrons. The first-order valence-corrected chi connectivity index (χ1v) is 10.8. The van der Waals surface area contributed by atoms with Gasteiger partial charge in [-0.05, 0) is 42.7 Å². The lowest BCUT2D eigenvalue weighted by atomic mass is 10.1. The first-order chi connectivity index (χ1) is 14.1. The summed E-state index contributed by atoms with van der Waals surface area (Å²) >= 11 is 7.70. The maximum absolute atomic E-state index is 12.8. The summed E-state index contributed by atoms with van der Waals surface area (Å²) in [6, 6.07) is 17.4. The Hall–Kier alpha value is -2.77. The normalized spacial score (nSPS) is 11.7. The van der Waals surface area contributed by atoms with Crippen molar-refractivity contribution < 1.29 is 9.59 Å². The Bertz CT molecular complexity index is 978. The van der Waals surface area contributed by atoms with E-state index in [1.54, 1.807) is 53.0 Å². The highest BCUT2D eigenvalue weighted by Crippen LogP contribution is 2.16. The third kappa shape index (κ3) is 5.62. The number of para-hydroxylation sites is 1. The van der Waals surface area contributed by atoms with E-state index in [-0.39, 0.29) is 11.8 Å². The lowest BCUT2D eigenvalue weighted by Crippen LogP contribution is -2.44. The molecule has 1 unspecified atom stereocenters. The van der Waals surface area contributed by atoms with Crippen molar-refractivity contribution in [3.63, 3.8) is 0 Å². The number of carbonyl (C=O) groups is 2. The molecule has 1 aromatic heterocycles. The third-order valence-electron chi connectivity index (χ3n) is 4.21. The van der Waals surface area contributed by atoms with Crippen molar-refractivity contribution in [1.82, 2.24) is 15.1 Å². The second-order valence-corrected chi connectivity index (χ2v) is 7.65. The highest BCUT2D eigenvalue weighted by molar-refractivity contribution is 7.98. The van der Waals surface area contributed by atoms with Gasteiger partial charge in [0.15, 0.2) is 5.82 Å². The van der Waals surface area contributed by atoms with Gasteiger partial charge in [-0.25, -0.2) is 4.68 Å². The van der Waals surface area contributed by atoms with Crippen LogP contribution < -0.4 is 10.6 Å². The molecule has 2 N–H and O–H groups in total. The average Bonchev–Trinajstić information content (AvgIpc) is 3.20. The van der Waals surface area contributed by atoms with Crippen LogP contribution in [0, 0.1) is 0 Å². The number of amides is 2. The molecular formula is C21H21ClN4O2S.